The minimum absolute atomic E-state index is 0.0608. The summed E-state index contributed by atoms with van der Waals surface area (Å²) >= 11 is 0. The normalized spacial score (nSPS) is 18.2. The molecule has 0 radical (unpaired) electrons. The number of amides is 1. The van der Waals surface area contributed by atoms with Gasteiger partial charge in [0.1, 0.15) is 5.82 Å². The molecule has 2 heterocycles. The zero-order chi connectivity index (χ0) is 22.7. The van der Waals surface area contributed by atoms with Gasteiger partial charge in [-0.05, 0) is 36.9 Å². The number of H-pyrrole nitrogens is 1. The van der Waals surface area contributed by atoms with Crippen LogP contribution in [-0.2, 0) is 17.4 Å². The number of rotatable bonds is 6. The van der Waals surface area contributed by atoms with Crippen LogP contribution in [0.1, 0.15) is 23.0 Å². The smallest absolute Gasteiger partial charge is 0.355 e. The van der Waals surface area contributed by atoms with Crippen LogP contribution in [0.4, 0.5) is 13.2 Å². The van der Waals surface area contributed by atoms with Crippen LogP contribution in [-0.4, -0.2) is 65.4 Å². The van der Waals surface area contributed by atoms with Crippen molar-refractivity contribution in [3.8, 4) is 0 Å². The largest absolute Gasteiger partial charge is 0.416 e. The number of fused-ring (bicyclic) bond motifs is 1. The van der Waals surface area contributed by atoms with E-state index in [9.17, 15) is 18.0 Å². The third-order valence-electron chi connectivity index (χ3n) is 5.84. The van der Waals surface area contributed by atoms with Crippen LogP contribution in [0.3, 0.4) is 0 Å². The topological polar surface area (TPSA) is 64.3 Å². The fourth-order valence-electron chi connectivity index (χ4n) is 4.03. The summed E-state index contributed by atoms with van der Waals surface area (Å²) < 4.78 is 38.5. The Balaban J connectivity index is 1.28. The zero-order valence-corrected chi connectivity index (χ0v) is 17.8. The van der Waals surface area contributed by atoms with Crippen LogP contribution in [0, 0.1) is 0 Å². The lowest BCUT2D eigenvalue weighted by atomic mass is 10.0. The van der Waals surface area contributed by atoms with Crippen LogP contribution in [0.2, 0.25) is 0 Å². The lowest BCUT2D eigenvalue weighted by molar-refractivity contribution is -0.137. The first-order chi connectivity index (χ1) is 15.3. The molecule has 1 atom stereocenters. The third kappa shape index (κ3) is 5.28. The molecule has 4 rings (SSSR count). The fourth-order valence-corrected chi connectivity index (χ4v) is 4.03. The van der Waals surface area contributed by atoms with E-state index in [1.54, 1.807) is 0 Å². The number of hydrogen-bond acceptors (Lipinski definition) is 4. The number of piperazine rings is 1. The van der Waals surface area contributed by atoms with Crippen LogP contribution >= 0.6 is 0 Å². The Hall–Kier alpha value is -2.91. The highest BCUT2D eigenvalue weighted by Gasteiger charge is 2.31. The van der Waals surface area contributed by atoms with Crippen molar-refractivity contribution in [2.75, 3.05) is 39.8 Å². The summed E-state index contributed by atoms with van der Waals surface area (Å²) in [4.78, 5) is 24.3. The molecule has 9 heteroatoms. The van der Waals surface area contributed by atoms with Crippen LogP contribution < -0.4 is 5.32 Å². The molecule has 0 spiro atoms. The minimum atomic E-state index is -4.34. The lowest BCUT2D eigenvalue weighted by Gasteiger charge is -2.39. The highest BCUT2D eigenvalue weighted by Crippen LogP contribution is 2.31. The summed E-state index contributed by atoms with van der Waals surface area (Å²) in [6.07, 6.45) is -3.74. The first-order valence-electron chi connectivity index (χ1n) is 10.6. The third-order valence-corrected chi connectivity index (χ3v) is 5.84. The number of benzene rings is 2. The number of para-hydroxylation sites is 2. The van der Waals surface area contributed by atoms with Gasteiger partial charge in [0.05, 0.1) is 23.1 Å². The molecule has 3 aromatic rings. The van der Waals surface area contributed by atoms with Crippen molar-refractivity contribution in [3.05, 3.63) is 65.5 Å². The predicted octanol–water partition coefficient (Wildman–Crippen LogP) is 3.23. The van der Waals surface area contributed by atoms with Gasteiger partial charge >= 0.3 is 6.18 Å². The Morgan fingerprint density at radius 1 is 1.16 bits per heavy atom. The maximum atomic E-state index is 12.8. The molecule has 0 unspecified atom stereocenters. The molecule has 1 fully saturated rings. The van der Waals surface area contributed by atoms with Crippen molar-refractivity contribution >= 4 is 16.9 Å². The Labute approximate surface area is 184 Å². The molecule has 2 N–H and O–H groups in total. The van der Waals surface area contributed by atoms with Gasteiger partial charge in [-0.25, -0.2) is 4.98 Å². The van der Waals surface area contributed by atoms with Crippen LogP contribution in [0.15, 0.2) is 48.5 Å². The van der Waals surface area contributed by atoms with Gasteiger partial charge in [-0.15, -0.1) is 0 Å². The summed E-state index contributed by atoms with van der Waals surface area (Å²) in [5.74, 6) is 0.755. The van der Waals surface area contributed by atoms with E-state index in [4.69, 9.17) is 0 Å². The van der Waals surface area contributed by atoms with Gasteiger partial charge < -0.3 is 10.3 Å². The quantitative estimate of drug-likeness (QED) is 0.612. The minimum Gasteiger partial charge on any atom is -0.355 e. The SMILES string of the molecule is CN1CCN(CC(=O)NCCc2nc3ccccc3[nH]2)C[C@@H]1c1ccc(C(F)(F)F)cc1. The van der Waals surface area contributed by atoms with E-state index in [2.05, 4.69) is 20.2 Å². The van der Waals surface area contributed by atoms with Crippen molar-refractivity contribution in [1.29, 1.82) is 0 Å². The van der Waals surface area contributed by atoms with Gasteiger partial charge in [0.25, 0.3) is 0 Å². The van der Waals surface area contributed by atoms with E-state index in [0.29, 0.717) is 19.5 Å². The number of carbonyl (C=O) groups is 1. The molecule has 170 valence electrons. The molecule has 0 bridgehead atoms. The summed E-state index contributed by atoms with van der Waals surface area (Å²) in [6.45, 7) is 2.78. The molecule has 0 saturated carbocycles. The highest BCUT2D eigenvalue weighted by molar-refractivity contribution is 5.78. The number of aromatic amines is 1. The van der Waals surface area contributed by atoms with Crippen molar-refractivity contribution < 1.29 is 18.0 Å². The van der Waals surface area contributed by atoms with Gasteiger partial charge in [0, 0.05) is 38.6 Å². The number of carbonyl (C=O) groups excluding carboxylic acids is 1. The Kier molecular flexibility index (Phi) is 6.48. The van der Waals surface area contributed by atoms with Crippen molar-refractivity contribution in [3.63, 3.8) is 0 Å². The molecule has 2 aromatic carbocycles. The second kappa shape index (κ2) is 9.30. The lowest BCUT2D eigenvalue weighted by Crippen LogP contribution is -2.49. The van der Waals surface area contributed by atoms with Crippen LogP contribution in [0.5, 0.6) is 0 Å². The first kappa shape index (κ1) is 22.3. The van der Waals surface area contributed by atoms with E-state index in [0.717, 1.165) is 47.6 Å². The molecular weight excluding hydrogens is 419 g/mol. The summed E-state index contributed by atoms with van der Waals surface area (Å²) in [6, 6.07) is 13.0. The maximum absolute atomic E-state index is 12.8. The van der Waals surface area contributed by atoms with Gasteiger partial charge in [-0.1, -0.05) is 24.3 Å². The van der Waals surface area contributed by atoms with Gasteiger partial charge in [0.15, 0.2) is 0 Å². The van der Waals surface area contributed by atoms with E-state index < -0.39 is 11.7 Å². The molecule has 1 saturated heterocycles. The Morgan fingerprint density at radius 3 is 2.62 bits per heavy atom. The second-order valence-corrected chi connectivity index (χ2v) is 8.15. The molecule has 1 aromatic heterocycles. The number of alkyl halides is 3. The van der Waals surface area contributed by atoms with Crippen molar-refractivity contribution in [1.82, 2.24) is 25.1 Å². The average molecular weight is 445 g/mol. The molecular formula is C23H26F3N5O. The first-order valence-corrected chi connectivity index (χ1v) is 10.6. The monoisotopic (exact) mass is 445 g/mol. The fraction of sp³-hybridized carbons (Fsp3) is 0.391. The number of halogens is 3. The van der Waals surface area contributed by atoms with E-state index in [-0.39, 0.29) is 18.5 Å². The number of nitrogens with zero attached hydrogens (tertiary/aromatic N) is 3. The molecule has 6 nitrogen and oxygen atoms in total. The van der Waals surface area contributed by atoms with Gasteiger partial charge in [-0.3, -0.25) is 14.6 Å². The molecule has 0 aliphatic carbocycles. The summed E-state index contributed by atoms with van der Waals surface area (Å²) in [7, 11) is 1.95. The summed E-state index contributed by atoms with van der Waals surface area (Å²) in [5, 5.41) is 2.93. The number of aromatic nitrogens is 2. The number of nitrogens with one attached hydrogen (secondary N) is 2. The van der Waals surface area contributed by atoms with E-state index >= 15 is 0 Å². The maximum Gasteiger partial charge on any atom is 0.416 e. The van der Waals surface area contributed by atoms with Crippen molar-refractivity contribution in [2.24, 2.45) is 0 Å². The standard InChI is InChI=1S/C23H26F3N5O/c1-30-12-13-31(14-20(30)16-6-8-17(9-7-16)23(24,25)26)15-22(32)27-11-10-21-28-18-4-2-3-5-19(18)29-21/h2-9,20H,10-15H2,1H3,(H,27,32)(H,28,29)/t20-/m1/s1. The second-order valence-electron chi connectivity index (χ2n) is 8.15. The number of hydrogen-bond donors (Lipinski definition) is 2. The molecule has 1 aliphatic rings. The summed E-state index contributed by atoms with van der Waals surface area (Å²) in [5.41, 5.74) is 2.04. The predicted molar refractivity (Wildman–Crippen MR) is 116 cm³/mol. The molecule has 32 heavy (non-hydrogen) atoms. The Bertz CT molecular complexity index is 1030. The molecule has 1 amide bonds. The zero-order valence-electron chi connectivity index (χ0n) is 17.8. The number of imidazole rings is 1. The van der Waals surface area contributed by atoms with E-state index in [1.807, 2.05) is 36.2 Å². The van der Waals surface area contributed by atoms with Crippen LogP contribution in [0.25, 0.3) is 11.0 Å². The Morgan fingerprint density at radius 2 is 1.91 bits per heavy atom. The van der Waals surface area contributed by atoms with E-state index in [1.165, 1.54) is 12.1 Å². The average Bonchev–Trinajstić information content (AvgIpc) is 3.17. The number of likely N-dealkylation sites (N-methyl/N-ethyl adjacent to an activating group) is 1. The van der Waals surface area contributed by atoms with Gasteiger partial charge in [0.2, 0.25) is 5.91 Å². The van der Waals surface area contributed by atoms with Gasteiger partial charge in [-0.2, -0.15) is 13.2 Å². The highest BCUT2D eigenvalue weighted by atomic mass is 19.4. The molecule has 1 aliphatic heterocycles. The van der Waals surface area contributed by atoms with Crippen molar-refractivity contribution in [2.45, 2.75) is 18.6 Å².